The van der Waals surface area contributed by atoms with Gasteiger partial charge in [0.15, 0.2) is 44.4 Å². The normalized spacial score (nSPS) is 15.2. The summed E-state index contributed by atoms with van der Waals surface area (Å²) in [6.07, 6.45) is 18.8. The maximum absolute atomic E-state index is 10.6. The van der Waals surface area contributed by atoms with Gasteiger partial charge in [0.05, 0.1) is 36.3 Å². The number of thiazole rings is 6. The van der Waals surface area contributed by atoms with E-state index < -0.39 is 0 Å². The molecule has 87 heavy (non-hydrogen) atoms. The Bertz CT molecular complexity index is 4070. The highest BCUT2D eigenvalue weighted by molar-refractivity contribution is 7.31. The lowest BCUT2D eigenvalue weighted by molar-refractivity contribution is 0.443. The van der Waals surface area contributed by atoms with E-state index in [1.165, 1.54) is 34.0 Å². The summed E-state index contributed by atoms with van der Waals surface area (Å²) >= 11 is 15.2. The Morgan fingerprint density at radius 3 is 1.23 bits per heavy atom. The van der Waals surface area contributed by atoms with Crippen LogP contribution in [-0.2, 0) is 0 Å². The van der Waals surface area contributed by atoms with Crippen molar-refractivity contribution >= 4 is 124 Å². The Morgan fingerprint density at radius 1 is 0.483 bits per heavy atom. The molecule has 24 nitrogen and oxygen atoms in total. The van der Waals surface area contributed by atoms with Crippen LogP contribution in [-0.4, -0.2) is 169 Å². The average Bonchev–Trinajstić information content (AvgIpc) is 2.02. The number of fused-ring (bicyclic) bond motifs is 3. The fourth-order valence-electron chi connectivity index (χ4n) is 10.7. The third-order valence-electron chi connectivity index (χ3n) is 15.6. The van der Waals surface area contributed by atoms with Gasteiger partial charge in [-0.2, -0.15) is 10.2 Å². The van der Waals surface area contributed by atoms with Crippen LogP contribution in [0.4, 0.5) is 15.4 Å². The molecule has 0 bridgehead atoms. The molecule has 0 amide bonds. The van der Waals surface area contributed by atoms with Gasteiger partial charge in [0.1, 0.15) is 54.5 Å². The molecular weight excluding hydrogens is 1240 g/mol. The maximum Gasteiger partial charge on any atom is 0.188 e. The third kappa shape index (κ3) is 12.4. The van der Waals surface area contributed by atoms with E-state index in [-0.39, 0.29) is 17.2 Å². The Hall–Kier alpha value is -7.39. The van der Waals surface area contributed by atoms with Gasteiger partial charge in [-0.15, -0.1) is 0 Å². The molecule has 12 aromatic heterocycles. The first kappa shape index (κ1) is 58.6. The fraction of sp³-hybridized carbons (Fsp3) is 0.357. The van der Waals surface area contributed by atoms with Gasteiger partial charge in [-0.05, 0) is 104 Å². The maximum atomic E-state index is 10.6. The molecule has 31 heteroatoms. The van der Waals surface area contributed by atoms with Gasteiger partial charge in [-0.1, -0.05) is 79.6 Å². The molecule has 3 saturated heterocycles. The van der Waals surface area contributed by atoms with Gasteiger partial charge >= 0.3 is 0 Å². The predicted octanol–water partition coefficient (Wildman–Crippen LogP) is 10.4. The summed E-state index contributed by atoms with van der Waals surface area (Å²) in [5.41, 5.74) is 7.12. The second kappa shape index (κ2) is 25.4. The molecule has 15 rings (SSSR count). The van der Waals surface area contributed by atoms with Crippen LogP contribution >= 0.6 is 79.6 Å². The van der Waals surface area contributed by atoms with Crippen molar-refractivity contribution in [3.05, 3.63) is 78.2 Å². The quantitative estimate of drug-likeness (QED) is 0.0564. The summed E-state index contributed by atoms with van der Waals surface area (Å²) in [6, 6.07) is 6.55. The molecule has 8 N–H and O–H groups in total. The number of nitrogens with zero attached hydrogens (tertiary/aromatic N) is 16. The number of imidazole rings is 1. The minimum Gasteiger partial charge on any atom is -0.506 e. The number of halogens is 1. The van der Waals surface area contributed by atoms with Crippen LogP contribution in [0.5, 0.6) is 17.2 Å². The number of aromatic nitrogens is 15. The predicted molar refractivity (Wildman–Crippen MR) is 350 cm³/mol. The van der Waals surface area contributed by atoms with Crippen molar-refractivity contribution in [3.63, 3.8) is 0 Å². The fourth-order valence-corrected chi connectivity index (χ4v) is 17.1. The van der Waals surface area contributed by atoms with Crippen LogP contribution in [0.2, 0.25) is 5.15 Å². The Kier molecular flexibility index (Phi) is 17.1. The monoisotopic (exact) mass is 1300 g/mol. The van der Waals surface area contributed by atoms with E-state index in [9.17, 15) is 15.3 Å². The molecule has 3 fully saturated rings. The first-order chi connectivity index (χ1) is 42.3. The number of H-pyrrole nitrogens is 2. The number of aromatic hydroxyl groups is 3. The molecule has 450 valence electrons. The van der Waals surface area contributed by atoms with E-state index >= 15 is 0 Å². The number of nitrogens with one attached hydrogen (secondary N) is 5. The highest BCUT2D eigenvalue weighted by atomic mass is 35.5. The zero-order valence-corrected chi connectivity index (χ0v) is 53.5. The van der Waals surface area contributed by atoms with Gasteiger partial charge in [-0.25, -0.2) is 49.8 Å². The van der Waals surface area contributed by atoms with Crippen molar-refractivity contribution in [2.45, 2.75) is 70.5 Å². The van der Waals surface area contributed by atoms with Crippen molar-refractivity contribution in [2.75, 3.05) is 75.1 Å². The Balaban J connectivity index is 0.000000121. The average molecular weight is 1300 g/mol. The lowest BCUT2D eigenvalue weighted by atomic mass is 10.1. The Morgan fingerprint density at radius 2 is 0.874 bits per heavy atom. The molecule has 0 aromatic carbocycles. The van der Waals surface area contributed by atoms with Crippen LogP contribution < -0.4 is 30.7 Å². The Labute approximate surface area is 527 Å². The molecule has 12 aromatic rings. The molecule has 0 atom stereocenters. The first-order valence-corrected chi connectivity index (χ1v) is 33.5. The number of anilines is 3. The summed E-state index contributed by atoms with van der Waals surface area (Å²) in [7, 11) is 6.33. The lowest BCUT2D eigenvalue weighted by Crippen LogP contribution is -2.41. The van der Waals surface area contributed by atoms with E-state index in [1.807, 2.05) is 24.6 Å². The van der Waals surface area contributed by atoms with Gasteiger partial charge < -0.3 is 50.5 Å². The number of hydrogen-bond acceptors (Lipinski definition) is 27. The van der Waals surface area contributed by atoms with Crippen molar-refractivity contribution in [2.24, 2.45) is 0 Å². The van der Waals surface area contributed by atoms with Crippen molar-refractivity contribution in [1.82, 2.24) is 90.8 Å². The smallest absolute Gasteiger partial charge is 0.188 e. The van der Waals surface area contributed by atoms with Gasteiger partial charge in [0, 0.05) is 91.9 Å². The van der Waals surface area contributed by atoms with Gasteiger partial charge in [0.25, 0.3) is 0 Å². The number of piperidine rings is 3. The van der Waals surface area contributed by atoms with Crippen LogP contribution in [0, 0.1) is 13.8 Å². The zero-order chi connectivity index (χ0) is 59.9. The van der Waals surface area contributed by atoms with Crippen molar-refractivity contribution < 1.29 is 15.3 Å². The molecule has 3 aliphatic rings. The van der Waals surface area contributed by atoms with Crippen LogP contribution in [0.1, 0.15) is 49.9 Å². The highest BCUT2D eigenvalue weighted by Gasteiger charge is 2.27. The largest absolute Gasteiger partial charge is 0.506 e. The van der Waals surface area contributed by atoms with E-state index in [0.717, 1.165) is 150 Å². The number of pyridine rings is 3. The lowest BCUT2D eigenvalue weighted by Gasteiger charge is -2.31. The number of aryl methyl sites for hydroxylation is 2. The topological polar surface area (TPSA) is 298 Å². The van der Waals surface area contributed by atoms with Gasteiger partial charge in [-0.3, -0.25) is 10.2 Å². The molecule has 0 radical (unpaired) electrons. The molecule has 0 aliphatic carbocycles. The molecule has 3 aliphatic heterocycles. The zero-order valence-electron chi connectivity index (χ0n) is 47.8. The first-order valence-electron chi connectivity index (χ1n) is 28.2. The standard InChI is InChI=1S/2C19H21N7OS2.C18H18ClN7OS2/c1-11-9-26(10-22-11)13-7-14(27)15(21-8-13)16-23-17-18(28-16)24-19(29-17)25(2)12-3-5-20-6-4-12;1-10-13(9-22-25-10)11-7-14(27)15(21-8-11)16-23-17-18(28-16)24-19(29-17)26(2)12-3-5-20-6-4-12;1-26(10-2-4-20-5-3-10)18-24-17-16(29-18)23-15(28-17)13-12(27)6-9(7-21-13)11-8-22-25-14(11)19/h7-10,12,20,27H,3-6H2,1-2H3;7-9,12,20,27H,3-6H2,1-2H3,(H,22,25);6-8,10,20,27H,2-5H2,1H3,(H,22,25). The van der Waals surface area contributed by atoms with Crippen LogP contribution in [0.25, 0.3) is 89.0 Å². The molecule has 0 saturated carbocycles. The summed E-state index contributed by atoms with van der Waals surface area (Å²) in [5, 5.41) is 60.7. The van der Waals surface area contributed by atoms with E-state index in [1.54, 1.807) is 89.5 Å². The van der Waals surface area contributed by atoms with Gasteiger partial charge in [0.2, 0.25) is 0 Å². The summed E-state index contributed by atoms with van der Waals surface area (Å²) < 4.78 is 1.83. The third-order valence-corrected chi connectivity index (χ3v) is 22.3. The minimum absolute atomic E-state index is 0.0493. The number of aromatic amines is 2. The van der Waals surface area contributed by atoms with E-state index in [2.05, 4.69) is 97.1 Å². The van der Waals surface area contributed by atoms with Crippen LogP contribution in [0.3, 0.4) is 0 Å². The van der Waals surface area contributed by atoms with Crippen molar-refractivity contribution in [3.8, 4) is 77.3 Å². The molecule has 0 spiro atoms. The van der Waals surface area contributed by atoms with Crippen molar-refractivity contribution in [1.29, 1.82) is 0 Å². The molecule has 0 unspecified atom stereocenters. The summed E-state index contributed by atoms with van der Waals surface area (Å²) in [5.74, 6) is 0.257. The number of hydrogen-bond donors (Lipinski definition) is 8. The SMILES string of the molecule is CN(c1nc2sc(-c3ncc(-c4cn[nH]c4Cl)cc3O)nc2s1)C1CCNCC1.Cc1[nH]ncc1-c1cnc(-c2nc3sc(N(C)C4CCNCC4)nc3s2)c(O)c1.Cc1cn(-c2cnc(-c3nc4sc(N(C)C5CCNCC5)nc4s3)c(O)c2)cn1. The second-order valence-electron chi connectivity index (χ2n) is 21.3. The van der Waals surface area contributed by atoms with E-state index in [0.29, 0.717) is 66.5 Å². The highest BCUT2D eigenvalue weighted by Crippen LogP contribution is 2.43. The molecule has 15 heterocycles. The molecular formula is C56H60ClN21O3S6. The second-order valence-corrected chi connectivity index (χ2v) is 27.5. The van der Waals surface area contributed by atoms with Crippen LogP contribution in [0.15, 0.2) is 61.7 Å². The van der Waals surface area contributed by atoms with E-state index in [4.69, 9.17) is 36.5 Å². The summed E-state index contributed by atoms with van der Waals surface area (Å²) in [4.78, 5) is 58.0. The number of rotatable bonds is 12. The minimum atomic E-state index is 0.0493. The summed E-state index contributed by atoms with van der Waals surface area (Å²) in [6.45, 7) is 10.2.